The number of anilines is 1. The Balaban J connectivity index is 2.54. The maximum Gasteiger partial charge on any atom is 0.330 e. The van der Waals surface area contributed by atoms with Crippen molar-refractivity contribution >= 4 is 11.5 Å². The molecule has 0 radical (unpaired) electrons. The average Bonchev–Trinajstić information content (AvgIpc) is 2.66. The maximum atomic E-state index is 10.7. The van der Waals surface area contributed by atoms with Crippen LogP contribution in [0.25, 0.3) is 0 Å². The topological polar surface area (TPSA) is 76.2 Å². The van der Waals surface area contributed by atoms with Gasteiger partial charge in [0.2, 0.25) is 5.82 Å². The van der Waals surface area contributed by atoms with Gasteiger partial charge in [-0.1, -0.05) is 13.8 Å². The first-order chi connectivity index (χ1) is 8.08. The van der Waals surface area contributed by atoms with E-state index in [0.29, 0.717) is 12.4 Å². The third-order valence-electron chi connectivity index (χ3n) is 2.62. The summed E-state index contributed by atoms with van der Waals surface area (Å²) in [4.78, 5) is 12.6. The fraction of sp³-hybridized carbons (Fsp3) is 0.700. The largest absolute Gasteiger partial charge is 0.362 e. The molecule has 0 aliphatic heterocycles. The van der Waals surface area contributed by atoms with E-state index in [2.05, 4.69) is 29.2 Å². The molecule has 1 aromatic heterocycles. The molecule has 0 fully saturated rings. The van der Waals surface area contributed by atoms with Crippen LogP contribution in [0.1, 0.15) is 13.8 Å². The van der Waals surface area contributed by atoms with Crippen molar-refractivity contribution in [3.8, 4) is 0 Å². The van der Waals surface area contributed by atoms with E-state index >= 15 is 0 Å². The summed E-state index contributed by atoms with van der Waals surface area (Å²) in [7, 11) is 1.67. The van der Waals surface area contributed by atoms with Crippen LogP contribution in [0.2, 0.25) is 0 Å². The van der Waals surface area contributed by atoms with Gasteiger partial charge < -0.3 is 10.2 Å². The maximum absolute atomic E-state index is 10.7. The molecule has 17 heavy (non-hydrogen) atoms. The van der Waals surface area contributed by atoms with Crippen molar-refractivity contribution < 1.29 is 4.92 Å². The van der Waals surface area contributed by atoms with Crippen molar-refractivity contribution in [2.75, 3.05) is 31.5 Å². The minimum atomic E-state index is -0.424. The summed E-state index contributed by atoms with van der Waals surface area (Å²) in [6.45, 7) is 7.63. The number of rotatable bonds is 7. The summed E-state index contributed by atoms with van der Waals surface area (Å²) in [5.41, 5.74) is 0.0204. The van der Waals surface area contributed by atoms with Crippen molar-refractivity contribution in [2.24, 2.45) is 7.05 Å². The lowest BCUT2D eigenvalue weighted by molar-refractivity contribution is -0.384. The lowest BCUT2D eigenvalue weighted by Crippen LogP contribution is -2.28. The Morgan fingerprint density at radius 2 is 2.18 bits per heavy atom. The fourth-order valence-corrected chi connectivity index (χ4v) is 1.61. The predicted octanol–water partition coefficient (Wildman–Crippen LogP) is 1.08. The molecule has 0 saturated heterocycles. The van der Waals surface area contributed by atoms with Gasteiger partial charge in [0, 0.05) is 20.1 Å². The molecule has 0 bridgehead atoms. The minimum absolute atomic E-state index is 0.0204. The molecular weight excluding hydrogens is 222 g/mol. The Morgan fingerprint density at radius 1 is 1.53 bits per heavy atom. The van der Waals surface area contributed by atoms with Gasteiger partial charge in [-0.3, -0.25) is 14.8 Å². The van der Waals surface area contributed by atoms with E-state index in [1.807, 2.05) is 0 Å². The number of aryl methyl sites for hydroxylation is 1. The van der Waals surface area contributed by atoms with Crippen LogP contribution in [0.15, 0.2) is 6.20 Å². The quantitative estimate of drug-likeness (QED) is 0.571. The van der Waals surface area contributed by atoms with Crippen molar-refractivity contribution in [3.05, 3.63) is 16.3 Å². The van der Waals surface area contributed by atoms with Crippen molar-refractivity contribution in [2.45, 2.75) is 13.8 Å². The summed E-state index contributed by atoms with van der Waals surface area (Å²) in [5.74, 6) is 0.338. The second-order valence-corrected chi connectivity index (χ2v) is 3.75. The van der Waals surface area contributed by atoms with Crippen LogP contribution >= 0.6 is 0 Å². The monoisotopic (exact) mass is 241 g/mol. The third kappa shape index (κ3) is 3.70. The molecular formula is C10H19N5O2. The second-order valence-electron chi connectivity index (χ2n) is 3.75. The Bertz CT molecular complexity index is 373. The highest BCUT2D eigenvalue weighted by Gasteiger charge is 2.17. The lowest BCUT2D eigenvalue weighted by Gasteiger charge is -2.17. The molecule has 7 nitrogen and oxygen atoms in total. The normalized spacial score (nSPS) is 10.8. The van der Waals surface area contributed by atoms with Crippen LogP contribution in [0.3, 0.4) is 0 Å². The highest BCUT2D eigenvalue weighted by molar-refractivity contribution is 5.54. The van der Waals surface area contributed by atoms with Gasteiger partial charge >= 0.3 is 5.69 Å². The van der Waals surface area contributed by atoms with Crippen molar-refractivity contribution in [1.82, 2.24) is 14.7 Å². The first-order valence-corrected chi connectivity index (χ1v) is 5.72. The molecule has 1 rings (SSSR count). The Kier molecular flexibility index (Phi) is 4.89. The summed E-state index contributed by atoms with van der Waals surface area (Å²) < 4.78 is 1.44. The van der Waals surface area contributed by atoms with E-state index in [1.165, 1.54) is 10.9 Å². The molecule has 7 heteroatoms. The summed E-state index contributed by atoms with van der Waals surface area (Å²) in [5, 5.41) is 17.8. The Labute approximate surface area is 101 Å². The molecule has 1 aromatic rings. The standard InChI is InChI=1S/C10H19N5O2/c1-4-14(5-2)7-6-11-10-9(15(16)17)8-13(3)12-10/h8H,4-7H2,1-3H3,(H,11,12). The number of hydrogen-bond acceptors (Lipinski definition) is 5. The Hall–Kier alpha value is -1.63. The van der Waals surface area contributed by atoms with E-state index in [0.717, 1.165) is 19.6 Å². The first kappa shape index (κ1) is 13.4. The minimum Gasteiger partial charge on any atom is -0.362 e. The van der Waals surface area contributed by atoms with Gasteiger partial charge in [-0.2, -0.15) is 0 Å². The van der Waals surface area contributed by atoms with E-state index in [1.54, 1.807) is 7.05 Å². The number of nitro groups is 1. The molecule has 0 amide bonds. The summed E-state index contributed by atoms with van der Waals surface area (Å²) in [6, 6.07) is 0. The SMILES string of the molecule is CCN(CC)CCNc1nn(C)cc1[N+](=O)[O-]. The van der Waals surface area contributed by atoms with Gasteiger partial charge in [-0.15, -0.1) is 5.10 Å². The van der Waals surface area contributed by atoms with E-state index in [-0.39, 0.29) is 5.69 Å². The fourth-order valence-electron chi connectivity index (χ4n) is 1.61. The van der Waals surface area contributed by atoms with Crippen molar-refractivity contribution in [1.29, 1.82) is 0 Å². The molecule has 0 aromatic carbocycles. The van der Waals surface area contributed by atoms with E-state index in [4.69, 9.17) is 0 Å². The van der Waals surface area contributed by atoms with Crippen LogP contribution in [0, 0.1) is 10.1 Å². The zero-order chi connectivity index (χ0) is 12.8. The zero-order valence-electron chi connectivity index (χ0n) is 10.5. The molecule has 0 saturated carbocycles. The van der Waals surface area contributed by atoms with Crippen LogP contribution < -0.4 is 5.32 Å². The number of nitrogens with zero attached hydrogens (tertiary/aromatic N) is 4. The lowest BCUT2D eigenvalue weighted by atomic mass is 10.4. The summed E-state index contributed by atoms with van der Waals surface area (Å²) >= 11 is 0. The molecule has 0 aliphatic carbocycles. The predicted molar refractivity (Wildman–Crippen MR) is 66.1 cm³/mol. The van der Waals surface area contributed by atoms with Gasteiger partial charge in [-0.05, 0) is 13.1 Å². The van der Waals surface area contributed by atoms with Gasteiger partial charge in [0.1, 0.15) is 6.20 Å². The van der Waals surface area contributed by atoms with E-state index in [9.17, 15) is 10.1 Å². The van der Waals surface area contributed by atoms with Crippen LogP contribution in [0.4, 0.5) is 11.5 Å². The summed E-state index contributed by atoms with van der Waals surface area (Å²) in [6.07, 6.45) is 1.40. The molecule has 1 N–H and O–H groups in total. The number of nitrogens with one attached hydrogen (secondary N) is 1. The highest BCUT2D eigenvalue weighted by atomic mass is 16.6. The molecule has 0 unspecified atom stereocenters. The number of aromatic nitrogens is 2. The molecule has 0 aliphatic rings. The molecule has 96 valence electrons. The first-order valence-electron chi connectivity index (χ1n) is 5.72. The van der Waals surface area contributed by atoms with E-state index < -0.39 is 4.92 Å². The molecule has 0 spiro atoms. The van der Waals surface area contributed by atoms with Crippen molar-refractivity contribution in [3.63, 3.8) is 0 Å². The Morgan fingerprint density at radius 3 is 2.71 bits per heavy atom. The smallest absolute Gasteiger partial charge is 0.330 e. The molecule has 0 atom stereocenters. The number of hydrogen-bond donors (Lipinski definition) is 1. The van der Waals surface area contributed by atoms with Gasteiger partial charge in [-0.25, -0.2) is 0 Å². The average molecular weight is 241 g/mol. The third-order valence-corrected chi connectivity index (χ3v) is 2.62. The second kappa shape index (κ2) is 6.19. The van der Waals surface area contributed by atoms with Crippen LogP contribution in [-0.2, 0) is 7.05 Å². The van der Waals surface area contributed by atoms with Crippen LogP contribution in [0.5, 0.6) is 0 Å². The van der Waals surface area contributed by atoms with Gasteiger partial charge in [0.25, 0.3) is 0 Å². The van der Waals surface area contributed by atoms with Gasteiger partial charge in [0.05, 0.1) is 4.92 Å². The van der Waals surface area contributed by atoms with Gasteiger partial charge in [0.15, 0.2) is 0 Å². The zero-order valence-corrected chi connectivity index (χ0v) is 10.5. The highest BCUT2D eigenvalue weighted by Crippen LogP contribution is 2.20. The molecule has 1 heterocycles. The number of likely N-dealkylation sites (N-methyl/N-ethyl adjacent to an activating group) is 1. The van der Waals surface area contributed by atoms with Crippen LogP contribution in [-0.4, -0.2) is 45.8 Å².